The molecule has 6 heteroatoms. The minimum Gasteiger partial charge on any atom is -0.493 e. The summed E-state index contributed by atoms with van der Waals surface area (Å²) in [4.78, 5) is 0. The first-order valence-electron chi connectivity index (χ1n) is 4.52. The van der Waals surface area contributed by atoms with Gasteiger partial charge in [-0.3, -0.25) is 10.1 Å². The Morgan fingerprint density at radius 1 is 1.62 bits per heavy atom. The molecule has 1 heterocycles. The molecule has 0 aliphatic carbocycles. The van der Waals surface area contributed by atoms with Crippen LogP contribution in [-0.4, -0.2) is 21.9 Å². The maximum Gasteiger partial charge on any atom is 0.193 e. The number of aromatic nitrogens is 2. The number of fused-ring (bicyclic) bond motifs is 1. The molecule has 0 aliphatic rings. The van der Waals surface area contributed by atoms with Crippen molar-refractivity contribution in [3.8, 4) is 5.75 Å². The summed E-state index contributed by atoms with van der Waals surface area (Å²) in [7, 11) is 3.06. The summed E-state index contributed by atoms with van der Waals surface area (Å²) < 4.78 is 20.4. The SMILES string of the molecule is COc1c(C(=N)S)cc2cn(C)nc2c1F. The molecule has 84 valence electrons. The van der Waals surface area contributed by atoms with E-state index in [1.165, 1.54) is 11.8 Å². The normalized spacial score (nSPS) is 10.8. The zero-order valence-corrected chi connectivity index (χ0v) is 9.68. The number of thiol groups is 1. The van der Waals surface area contributed by atoms with Gasteiger partial charge in [0.1, 0.15) is 5.52 Å². The van der Waals surface area contributed by atoms with Crippen LogP contribution in [0.2, 0.25) is 0 Å². The van der Waals surface area contributed by atoms with E-state index in [1.54, 1.807) is 19.3 Å². The van der Waals surface area contributed by atoms with Gasteiger partial charge in [0.25, 0.3) is 0 Å². The Bertz CT molecular complexity index is 579. The summed E-state index contributed by atoms with van der Waals surface area (Å²) in [5.41, 5.74) is 0.557. The van der Waals surface area contributed by atoms with E-state index in [4.69, 9.17) is 10.1 Å². The summed E-state index contributed by atoms with van der Waals surface area (Å²) in [6, 6.07) is 1.64. The molecule has 0 spiro atoms. The van der Waals surface area contributed by atoms with Gasteiger partial charge < -0.3 is 4.74 Å². The lowest BCUT2D eigenvalue weighted by molar-refractivity contribution is 0.388. The summed E-state index contributed by atoms with van der Waals surface area (Å²) in [6.45, 7) is 0. The number of methoxy groups -OCH3 is 1. The van der Waals surface area contributed by atoms with Gasteiger partial charge >= 0.3 is 0 Å². The zero-order valence-electron chi connectivity index (χ0n) is 8.78. The van der Waals surface area contributed by atoms with E-state index >= 15 is 0 Å². The van der Waals surface area contributed by atoms with Gasteiger partial charge in [0, 0.05) is 18.6 Å². The van der Waals surface area contributed by atoms with E-state index < -0.39 is 5.82 Å². The van der Waals surface area contributed by atoms with Crippen molar-refractivity contribution in [1.82, 2.24) is 9.78 Å². The van der Waals surface area contributed by atoms with Gasteiger partial charge in [-0.05, 0) is 6.07 Å². The highest BCUT2D eigenvalue weighted by molar-refractivity contribution is 7.97. The lowest BCUT2D eigenvalue weighted by atomic mass is 10.1. The lowest BCUT2D eigenvalue weighted by Gasteiger charge is -2.07. The Kier molecular flexibility index (Phi) is 2.59. The predicted molar refractivity (Wildman–Crippen MR) is 63.0 cm³/mol. The Morgan fingerprint density at radius 3 is 2.88 bits per heavy atom. The smallest absolute Gasteiger partial charge is 0.193 e. The fraction of sp³-hybridized carbons (Fsp3) is 0.200. The van der Waals surface area contributed by atoms with Crippen LogP contribution in [0.5, 0.6) is 5.75 Å². The van der Waals surface area contributed by atoms with Crippen LogP contribution in [-0.2, 0) is 7.05 Å². The lowest BCUT2D eigenvalue weighted by Crippen LogP contribution is -1.99. The van der Waals surface area contributed by atoms with E-state index in [1.807, 2.05) is 0 Å². The molecule has 2 rings (SSSR count). The summed E-state index contributed by atoms with van der Waals surface area (Å²) in [5.74, 6) is -0.555. The number of hydrogen-bond acceptors (Lipinski definition) is 3. The molecule has 0 fully saturated rings. The molecule has 0 unspecified atom stereocenters. The van der Waals surface area contributed by atoms with Crippen LogP contribution < -0.4 is 4.74 Å². The van der Waals surface area contributed by atoms with Gasteiger partial charge in [0.05, 0.1) is 17.7 Å². The van der Waals surface area contributed by atoms with Crippen molar-refractivity contribution in [2.75, 3.05) is 7.11 Å². The quantitative estimate of drug-likeness (QED) is 0.478. The van der Waals surface area contributed by atoms with Crippen LogP contribution >= 0.6 is 12.6 Å². The molecule has 16 heavy (non-hydrogen) atoms. The number of ether oxygens (including phenoxy) is 1. The third-order valence-electron chi connectivity index (χ3n) is 2.27. The first-order valence-corrected chi connectivity index (χ1v) is 4.97. The molecule has 0 radical (unpaired) electrons. The predicted octanol–water partition coefficient (Wildman–Crippen LogP) is 1.98. The van der Waals surface area contributed by atoms with Crippen LogP contribution in [0.1, 0.15) is 5.56 Å². The second kappa shape index (κ2) is 3.79. The number of benzene rings is 1. The molecule has 1 aromatic carbocycles. The second-order valence-electron chi connectivity index (χ2n) is 3.36. The highest BCUT2D eigenvalue weighted by Gasteiger charge is 2.17. The highest BCUT2D eigenvalue weighted by atomic mass is 32.1. The minimum atomic E-state index is -0.561. The number of hydrogen-bond donors (Lipinski definition) is 2. The molecule has 0 atom stereocenters. The van der Waals surface area contributed by atoms with Crippen molar-refractivity contribution < 1.29 is 9.13 Å². The van der Waals surface area contributed by atoms with Crippen LogP contribution in [0.25, 0.3) is 10.9 Å². The first kappa shape index (κ1) is 10.9. The zero-order chi connectivity index (χ0) is 11.9. The minimum absolute atomic E-state index is 0.00574. The fourth-order valence-electron chi connectivity index (χ4n) is 1.61. The van der Waals surface area contributed by atoms with Crippen molar-refractivity contribution in [2.45, 2.75) is 0 Å². The second-order valence-corrected chi connectivity index (χ2v) is 3.81. The summed E-state index contributed by atoms with van der Waals surface area (Å²) >= 11 is 3.90. The van der Waals surface area contributed by atoms with E-state index in [-0.39, 0.29) is 16.3 Å². The van der Waals surface area contributed by atoms with Crippen LogP contribution in [0.4, 0.5) is 4.39 Å². The Labute approximate surface area is 96.9 Å². The molecule has 0 aliphatic heterocycles. The standard InChI is InChI=1S/C10H10FN3OS/c1-14-4-5-3-6(10(12)16)9(15-2)7(11)8(5)13-14/h3-4H,1-2H3,(H2,12,16). The van der Waals surface area contributed by atoms with Gasteiger partial charge in [-0.25, -0.2) is 4.39 Å². The molecule has 4 nitrogen and oxygen atoms in total. The van der Waals surface area contributed by atoms with E-state index in [0.29, 0.717) is 10.9 Å². The fourth-order valence-corrected chi connectivity index (χ4v) is 1.77. The topological polar surface area (TPSA) is 50.9 Å². The Balaban J connectivity index is 2.86. The van der Waals surface area contributed by atoms with Gasteiger partial charge in [0.15, 0.2) is 11.6 Å². The average molecular weight is 239 g/mol. The molecule has 1 N–H and O–H groups in total. The van der Waals surface area contributed by atoms with Gasteiger partial charge in [-0.1, -0.05) is 0 Å². The van der Waals surface area contributed by atoms with Crippen molar-refractivity contribution in [3.05, 3.63) is 23.6 Å². The molecule has 0 amide bonds. The molecule has 0 bridgehead atoms. The molecule has 0 saturated heterocycles. The van der Waals surface area contributed by atoms with Crippen molar-refractivity contribution in [1.29, 1.82) is 5.41 Å². The maximum absolute atomic E-state index is 14.0. The number of nitrogens with one attached hydrogen (secondary N) is 1. The Hall–Kier alpha value is -1.56. The molecular formula is C10H10FN3OS. The van der Waals surface area contributed by atoms with Crippen LogP contribution in [0.3, 0.4) is 0 Å². The summed E-state index contributed by atoms with van der Waals surface area (Å²) in [5, 5.41) is 12.0. The molecule has 1 aromatic heterocycles. The van der Waals surface area contributed by atoms with E-state index in [9.17, 15) is 4.39 Å². The van der Waals surface area contributed by atoms with Gasteiger partial charge in [0.2, 0.25) is 0 Å². The number of rotatable bonds is 2. The van der Waals surface area contributed by atoms with Crippen molar-refractivity contribution >= 4 is 28.6 Å². The monoisotopic (exact) mass is 239 g/mol. The van der Waals surface area contributed by atoms with Gasteiger partial charge in [-0.15, -0.1) is 12.6 Å². The third kappa shape index (κ3) is 1.55. The van der Waals surface area contributed by atoms with Gasteiger partial charge in [-0.2, -0.15) is 5.10 Å². The van der Waals surface area contributed by atoms with Crippen LogP contribution in [0, 0.1) is 11.2 Å². The van der Waals surface area contributed by atoms with Crippen molar-refractivity contribution in [3.63, 3.8) is 0 Å². The Morgan fingerprint density at radius 2 is 2.31 bits per heavy atom. The van der Waals surface area contributed by atoms with Crippen LogP contribution in [0.15, 0.2) is 12.3 Å². The first-order chi connectivity index (χ1) is 7.54. The van der Waals surface area contributed by atoms with Crippen molar-refractivity contribution in [2.24, 2.45) is 7.05 Å². The maximum atomic E-state index is 14.0. The van der Waals surface area contributed by atoms with E-state index in [2.05, 4.69) is 17.7 Å². The highest BCUT2D eigenvalue weighted by Crippen LogP contribution is 2.30. The molecular weight excluding hydrogens is 229 g/mol. The number of aryl methyl sites for hydroxylation is 1. The van der Waals surface area contributed by atoms with E-state index in [0.717, 1.165) is 0 Å². The number of nitrogens with zero attached hydrogens (tertiary/aromatic N) is 2. The third-order valence-corrected chi connectivity index (χ3v) is 2.51. The number of halogens is 1. The summed E-state index contributed by atoms with van der Waals surface area (Å²) in [6.07, 6.45) is 1.68. The average Bonchev–Trinajstić information content (AvgIpc) is 2.58. The largest absolute Gasteiger partial charge is 0.493 e. The molecule has 2 aromatic rings. The molecule has 0 saturated carbocycles.